The standard InChI is InChI=1S/C18H38N2/c1-5-13-19-18(17-11-9-8-10-12-17)15-20(7-3)14-16(4)6-2/h16-19H,5-15H2,1-4H3. The second-order valence-corrected chi connectivity index (χ2v) is 6.82. The van der Waals surface area contributed by atoms with Gasteiger partial charge in [-0.05, 0) is 44.2 Å². The lowest BCUT2D eigenvalue weighted by Crippen LogP contribution is -2.47. The van der Waals surface area contributed by atoms with Crippen LogP contribution in [-0.4, -0.2) is 37.1 Å². The highest BCUT2D eigenvalue weighted by atomic mass is 15.1. The van der Waals surface area contributed by atoms with Crippen LogP contribution in [0.2, 0.25) is 0 Å². The summed E-state index contributed by atoms with van der Waals surface area (Å²) in [6.07, 6.45) is 9.80. The Morgan fingerprint density at radius 2 is 1.75 bits per heavy atom. The predicted molar refractivity (Wildman–Crippen MR) is 90.2 cm³/mol. The van der Waals surface area contributed by atoms with Crippen LogP contribution in [0.4, 0.5) is 0 Å². The van der Waals surface area contributed by atoms with E-state index >= 15 is 0 Å². The highest BCUT2D eigenvalue weighted by molar-refractivity contribution is 4.82. The first-order valence-corrected chi connectivity index (χ1v) is 9.16. The van der Waals surface area contributed by atoms with Crippen molar-refractivity contribution in [3.05, 3.63) is 0 Å². The molecule has 0 aromatic carbocycles. The van der Waals surface area contributed by atoms with Crippen molar-refractivity contribution >= 4 is 0 Å². The van der Waals surface area contributed by atoms with E-state index in [1.54, 1.807) is 0 Å². The summed E-state index contributed by atoms with van der Waals surface area (Å²) in [7, 11) is 0. The minimum atomic E-state index is 0.722. The monoisotopic (exact) mass is 282 g/mol. The number of hydrogen-bond acceptors (Lipinski definition) is 2. The minimum Gasteiger partial charge on any atom is -0.312 e. The van der Waals surface area contributed by atoms with E-state index in [-0.39, 0.29) is 0 Å². The third kappa shape index (κ3) is 6.58. The van der Waals surface area contributed by atoms with Crippen molar-refractivity contribution in [2.24, 2.45) is 11.8 Å². The van der Waals surface area contributed by atoms with Gasteiger partial charge in [0.05, 0.1) is 0 Å². The number of hydrogen-bond donors (Lipinski definition) is 1. The van der Waals surface area contributed by atoms with Gasteiger partial charge in [0.2, 0.25) is 0 Å². The van der Waals surface area contributed by atoms with Crippen LogP contribution in [0.1, 0.15) is 72.6 Å². The largest absolute Gasteiger partial charge is 0.312 e. The Hall–Kier alpha value is -0.0800. The maximum atomic E-state index is 3.85. The van der Waals surface area contributed by atoms with E-state index in [4.69, 9.17) is 0 Å². The van der Waals surface area contributed by atoms with E-state index in [9.17, 15) is 0 Å². The molecule has 1 rings (SSSR count). The lowest BCUT2D eigenvalue weighted by molar-refractivity contribution is 0.172. The summed E-state index contributed by atoms with van der Waals surface area (Å²) in [5.41, 5.74) is 0. The average molecular weight is 283 g/mol. The van der Waals surface area contributed by atoms with Crippen LogP contribution in [0.25, 0.3) is 0 Å². The van der Waals surface area contributed by atoms with Crippen molar-refractivity contribution in [3.63, 3.8) is 0 Å². The van der Waals surface area contributed by atoms with Gasteiger partial charge < -0.3 is 10.2 Å². The summed E-state index contributed by atoms with van der Waals surface area (Å²) in [5, 5.41) is 3.85. The molecule has 0 spiro atoms. The van der Waals surface area contributed by atoms with E-state index in [1.807, 2.05) is 0 Å². The number of rotatable bonds is 10. The quantitative estimate of drug-likeness (QED) is 0.642. The molecule has 2 atom stereocenters. The molecule has 0 radical (unpaired) electrons. The van der Waals surface area contributed by atoms with Gasteiger partial charge in [-0.2, -0.15) is 0 Å². The fourth-order valence-electron chi connectivity index (χ4n) is 3.43. The summed E-state index contributed by atoms with van der Waals surface area (Å²) in [4.78, 5) is 2.68. The second-order valence-electron chi connectivity index (χ2n) is 6.82. The van der Waals surface area contributed by atoms with Gasteiger partial charge >= 0.3 is 0 Å². The van der Waals surface area contributed by atoms with Crippen LogP contribution in [0.3, 0.4) is 0 Å². The molecule has 1 fully saturated rings. The van der Waals surface area contributed by atoms with Crippen molar-refractivity contribution < 1.29 is 0 Å². The summed E-state index contributed by atoms with van der Waals surface area (Å²) < 4.78 is 0. The van der Waals surface area contributed by atoms with E-state index in [2.05, 4.69) is 37.9 Å². The molecular formula is C18H38N2. The summed E-state index contributed by atoms with van der Waals surface area (Å²) >= 11 is 0. The summed E-state index contributed by atoms with van der Waals surface area (Å²) in [5.74, 6) is 1.74. The highest BCUT2D eigenvalue weighted by Crippen LogP contribution is 2.27. The van der Waals surface area contributed by atoms with E-state index in [1.165, 1.54) is 71.1 Å². The minimum absolute atomic E-state index is 0.722. The Kier molecular flexibility index (Phi) is 9.54. The lowest BCUT2D eigenvalue weighted by atomic mass is 9.83. The summed E-state index contributed by atoms with van der Waals surface area (Å²) in [6.45, 7) is 14.2. The van der Waals surface area contributed by atoms with Gasteiger partial charge in [0.1, 0.15) is 0 Å². The molecule has 0 aromatic rings. The molecule has 2 nitrogen and oxygen atoms in total. The molecule has 0 bridgehead atoms. The molecular weight excluding hydrogens is 244 g/mol. The zero-order valence-electron chi connectivity index (χ0n) is 14.5. The van der Waals surface area contributed by atoms with Crippen LogP contribution >= 0.6 is 0 Å². The lowest BCUT2D eigenvalue weighted by Gasteiger charge is -2.35. The fourth-order valence-corrected chi connectivity index (χ4v) is 3.43. The predicted octanol–water partition coefficient (Wildman–Crippen LogP) is 4.30. The first-order valence-electron chi connectivity index (χ1n) is 9.16. The van der Waals surface area contributed by atoms with Gasteiger partial charge in [0.25, 0.3) is 0 Å². The van der Waals surface area contributed by atoms with Gasteiger partial charge in [0, 0.05) is 19.1 Å². The van der Waals surface area contributed by atoms with Crippen LogP contribution < -0.4 is 5.32 Å². The average Bonchev–Trinajstić information content (AvgIpc) is 2.50. The molecule has 120 valence electrons. The van der Waals surface area contributed by atoms with Gasteiger partial charge in [-0.1, -0.05) is 53.4 Å². The fraction of sp³-hybridized carbons (Fsp3) is 1.00. The summed E-state index contributed by atoms with van der Waals surface area (Å²) in [6, 6.07) is 0.722. The zero-order valence-corrected chi connectivity index (χ0v) is 14.5. The molecule has 0 aromatic heterocycles. The van der Waals surface area contributed by atoms with Crippen LogP contribution in [0.5, 0.6) is 0 Å². The topological polar surface area (TPSA) is 15.3 Å². The number of likely N-dealkylation sites (N-methyl/N-ethyl adjacent to an activating group) is 1. The van der Waals surface area contributed by atoms with E-state index in [0.29, 0.717) is 0 Å². The van der Waals surface area contributed by atoms with Crippen molar-refractivity contribution in [2.75, 3.05) is 26.2 Å². The van der Waals surface area contributed by atoms with Crippen LogP contribution in [0.15, 0.2) is 0 Å². The molecule has 2 unspecified atom stereocenters. The SMILES string of the molecule is CCCNC(CN(CC)CC(C)CC)C1CCCCC1. The molecule has 2 heteroatoms. The number of nitrogens with one attached hydrogen (secondary N) is 1. The third-order valence-corrected chi connectivity index (χ3v) is 5.04. The van der Waals surface area contributed by atoms with Gasteiger partial charge in [-0.3, -0.25) is 0 Å². The maximum Gasteiger partial charge on any atom is 0.0223 e. The normalized spacial score (nSPS) is 20.2. The second kappa shape index (κ2) is 10.6. The zero-order chi connectivity index (χ0) is 14.8. The Bertz CT molecular complexity index is 223. The Morgan fingerprint density at radius 3 is 2.30 bits per heavy atom. The van der Waals surface area contributed by atoms with Crippen LogP contribution in [0, 0.1) is 11.8 Å². The van der Waals surface area contributed by atoms with E-state index in [0.717, 1.165) is 17.9 Å². The van der Waals surface area contributed by atoms with E-state index < -0.39 is 0 Å². The first kappa shape index (κ1) is 18.0. The molecule has 20 heavy (non-hydrogen) atoms. The molecule has 1 saturated carbocycles. The van der Waals surface area contributed by atoms with Crippen molar-refractivity contribution in [3.8, 4) is 0 Å². The van der Waals surface area contributed by atoms with Crippen molar-refractivity contribution in [1.29, 1.82) is 0 Å². The Balaban J connectivity index is 2.51. The third-order valence-electron chi connectivity index (χ3n) is 5.04. The Morgan fingerprint density at radius 1 is 1.05 bits per heavy atom. The van der Waals surface area contributed by atoms with Gasteiger partial charge in [-0.25, -0.2) is 0 Å². The van der Waals surface area contributed by atoms with Gasteiger partial charge in [0.15, 0.2) is 0 Å². The molecule has 0 amide bonds. The molecule has 0 aliphatic heterocycles. The van der Waals surface area contributed by atoms with Crippen molar-refractivity contribution in [1.82, 2.24) is 10.2 Å². The molecule has 1 aliphatic rings. The highest BCUT2D eigenvalue weighted by Gasteiger charge is 2.25. The molecule has 0 saturated heterocycles. The molecule has 1 N–H and O–H groups in total. The maximum absolute atomic E-state index is 3.85. The first-order chi connectivity index (χ1) is 9.71. The van der Waals surface area contributed by atoms with Crippen molar-refractivity contribution in [2.45, 2.75) is 78.7 Å². The number of nitrogens with zero attached hydrogens (tertiary/aromatic N) is 1. The molecule has 0 heterocycles. The Labute approximate surface area is 127 Å². The van der Waals surface area contributed by atoms with Gasteiger partial charge in [-0.15, -0.1) is 0 Å². The molecule has 1 aliphatic carbocycles. The smallest absolute Gasteiger partial charge is 0.0223 e. The van der Waals surface area contributed by atoms with Crippen LogP contribution in [-0.2, 0) is 0 Å².